The molecule has 0 unspecified atom stereocenters. The van der Waals surface area contributed by atoms with Crippen LogP contribution in [0.4, 0.5) is 5.69 Å². The number of benzene rings is 1. The molecule has 1 aromatic heterocycles. The van der Waals surface area contributed by atoms with E-state index in [0.717, 1.165) is 10.9 Å². The molecule has 0 saturated heterocycles. The predicted molar refractivity (Wildman–Crippen MR) is 71.6 cm³/mol. The predicted octanol–water partition coefficient (Wildman–Crippen LogP) is 1.79. The lowest BCUT2D eigenvalue weighted by atomic mass is 10.1. The van der Waals surface area contributed by atoms with Crippen LogP contribution in [0.25, 0.3) is 10.9 Å². The summed E-state index contributed by atoms with van der Waals surface area (Å²) in [4.78, 5) is 0. The highest BCUT2D eigenvalue weighted by Gasteiger charge is 2.13. The Bertz CT molecular complexity index is 555. The van der Waals surface area contributed by atoms with Gasteiger partial charge in [-0.15, -0.1) is 0 Å². The lowest BCUT2D eigenvalue weighted by molar-refractivity contribution is 0.0651. The summed E-state index contributed by atoms with van der Waals surface area (Å²) in [6.07, 6.45) is 2.57. The quantitative estimate of drug-likeness (QED) is 0.810. The fourth-order valence-electron chi connectivity index (χ4n) is 1.80. The maximum absolute atomic E-state index is 9.70. The molecule has 1 aromatic carbocycles. The number of methoxy groups -OCH3 is 1. The second-order valence-electron chi connectivity index (χ2n) is 5.11. The first kappa shape index (κ1) is 12.7. The van der Waals surface area contributed by atoms with Gasteiger partial charge in [0.2, 0.25) is 0 Å². The van der Waals surface area contributed by atoms with Crippen LogP contribution in [0.15, 0.2) is 18.3 Å². The van der Waals surface area contributed by atoms with Crippen molar-refractivity contribution in [1.29, 1.82) is 0 Å². The van der Waals surface area contributed by atoms with Gasteiger partial charge in [-0.25, -0.2) is 0 Å². The summed E-state index contributed by atoms with van der Waals surface area (Å²) in [6.45, 7) is 4.24. The van der Waals surface area contributed by atoms with Crippen molar-refractivity contribution in [3.8, 4) is 5.75 Å². The number of aliphatic hydroxyl groups is 1. The van der Waals surface area contributed by atoms with E-state index in [1.54, 1.807) is 21.0 Å². The Morgan fingerprint density at radius 2 is 2.17 bits per heavy atom. The number of hydrogen-bond acceptors (Lipinski definition) is 4. The minimum absolute atomic E-state index is 0.604. The molecule has 0 bridgehead atoms. The number of rotatable bonds is 4. The van der Waals surface area contributed by atoms with E-state index in [9.17, 15) is 5.11 Å². The largest absolute Gasteiger partial charge is 0.495 e. The Kier molecular flexibility index (Phi) is 3.17. The van der Waals surface area contributed by atoms with Gasteiger partial charge in [0, 0.05) is 24.2 Å². The zero-order chi connectivity index (χ0) is 13.3. The van der Waals surface area contributed by atoms with E-state index in [4.69, 9.17) is 10.5 Å². The Hall–Kier alpha value is -1.75. The van der Waals surface area contributed by atoms with Gasteiger partial charge in [0.05, 0.1) is 23.9 Å². The molecule has 0 aliphatic heterocycles. The summed E-state index contributed by atoms with van der Waals surface area (Å²) in [5, 5.41) is 15.1. The summed E-state index contributed by atoms with van der Waals surface area (Å²) < 4.78 is 6.98. The second-order valence-corrected chi connectivity index (χ2v) is 5.11. The standard InChI is InChI=1S/C13H19N3O2/c1-13(2,17)4-5-16-8-9-6-10(14)12(18-3)7-11(9)15-16/h6-8,17H,4-5,14H2,1-3H3. The molecule has 0 atom stereocenters. The van der Waals surface area contributed by atoms with E-state index < -0.39 is 5.60 Å². The van der Waals surface area contributed by atoms with Crippen molar-refractivity contribution >= 4 is 16.6 Å². The van der Waals surface area contributed by atoms with Gasteiger partial charge in [-0.1, -0.05) is 0 Å². The SMILES string of the molecule is COc1cc2nn(CCC(C)(C)O)cc2cc1N. The molecule has 3 N–H and O–H groups in total. The van der Waals surface area contributed by atoms with Crippen molar-refractivity contribution in [3.05, 3.63) is 18.3 Å². The first-order valence-corrected chi connectivity index (χ1v) is 5.92. The van der Waals surface area contributed by atoms with Gasteiger partial charge in [-0.3, -0.25) is 4.68 Å². The molecule has 0 aliphatic rings. The molecule has 0 saturated carbocycles. The first-order chi connectivity index (χ1) is 8.39. The average molecular weight is 249 g/mol. The van der Waals surface area contributed by atoms with Crippen molar-refractivity contribution in [2.75, 3.05) is 12.8 Å². The Morgan fingerprint density at radius 3 is 2.78 bits per heavy atom. The second kappa shape index (κ2) is 4.49. The van der Waals surface area contributed by atoms with Crippen LogP contribution in [0, 0.1) is 0 Å². The van der Waals surface area contributed by atoms with Gasteiger partial charge >= 0.3 is 0 Å². The van der Waals surface area contributed by atoms with Crippen LogP contribution >= 0.6 is 0 Å². The van der Waals surface area contributed by atoms with Gasteiger partial charge in [0.25, 0.3) is 0 Å². The number of nitrogen functional groups attached to an aromatic ring is 1. The number of ether oxygens (including phenoxy) is 1. The van der Waals surface area contributed by atoms with Gasteiger partial charge in [-0.2, -0.15) is 5.10 Å². The molecule has 98 valence electrons. The smallest absolute Gasteiger partial charge is 0.144 e. The Morgan fingerprint density at radius 1 is 1.44 bits per heavy atom. The molecule has 5 heteroatoms. The van der Waals surface area contributed by atoms with E-state index in [-0.39, 0.29) is 0 Å². The zero-order valence-electron chi connectivity index (χ0n) is 11.0. The number of nitrogens with zero attached hydrogens (tertiary/aromatic N) is 2. The van der Waals surface area contributed by atoms with E-state index >= 15 is 0 Å². The molecule has 18 heavy (non-hydrogen) atoms. The Labute approximate surface area is 106 Å². The summed E-state index contributed by atoms with van der Waals surface area (Å²) in [5.41, 5.74) is 6.61. The van der Waals surface area contributed by atoms with Crippen LogP contribution in [0.5, 0.6) is 5.75 Å². The highest BCUT2D eigenvalue weighted by molar-refractivity contribution is 5.84. The van der Waals surface area contributed by atoms with Crippen LogP contribution in [-0.2, 0) is 6.54 Å². The van der Waals surface area contributed by atoms with Crippen molar-refractivity contribution in [3.63, 3.8) is 0 Å². The number of anilines is 1. The monoisotopic (exact) mass is 249 g/mol. The number of nitrogens with two attached hydrogens (primary N) is 1. The van der Waals surface area contributed by atoms with Crippen LogP contribution in [0.2, 0.25) is 0 Å². The number of fused-ring (bicyclic) bond motifs is 1. The number of hydrogen-bond donors (Lipinski definition) is 2. The fraction of sp³-hybridized carbons (Fsp3) is 0.462. The van der Waals surface area contributed by atoms with Crippen LogP contribution in [0.1, 0.15) is 20.3 Å². The molecule has 2 aromatic rings. The first-order valence-electron chi connectivity index (χ1n) is 5.92. The third-order valence-corrected chi connectivity index (χ3v) is 2.86. The maximum atomic E-state index is 9.70. The summed E-state index contributed by atoms with van der Waals surface area (Å²) >= 11 is 0. The lowest BCUT2D eigenvalue weighted by Gasteiger charge is -2.16. The van der Waals surface area contributed by atoms with Crippen molar-refractivity contribution in [2.24, 2.45) is 0 Å². The number of aryl methyl sites for hydroxylation is 1. The molecule has 5 nitrogen and oxygen atoms in total. The molecule has 0 radical (unpaired) electrons. The molecular formula is C13H19N3O2. The minimum atomic E-state index is -0.686. The van der Waals surface area contributed by atoms with Gasteiger partial charge < -0.3 is 15.6 Å². The minimum Gasteiger partial charge on any atom is -0.495 e. The number of aromatic nitrogens is 2. The third kappa shape index (κ3) is 2.73. The van der Waals surface area contributed by atoms with Crippen molar-refractivity contribution in [2.45, 2.75) is 32.4 Å². The van der Waals surface area contributed by atoms with E-state index in [1.165, 1.54) is 0 Å². The molecule has 0 fully saturated rings. The average Bonchev–Trinajstić information content (AvgIpc) is 2.66. The van der Waals surface area contributed by atoms with Gasteiger partial charge in [0.15, 0.2) is 0 Å². The van der Waals surface area contributed by atoms with E-state index in [2.05, 4.69) is 5.10 Å². The molecule has 2 rings (SSSR count). The van der Waals surface area contributed by atoms with Crippen molar-refractivity contribution in [1.82, 2.24) is 9.78 Å². The maximum Gasteiger partial charge on any atom is 0.144 e. The Balaban J connectivity index is 2.27. The van der Waals surface area contributed by atoms with E-state index in [0.29, 0.717) is 24.4 Å². The van der Waals surface area contributed by atoms with Crippen LogP contribution in [-0.4, -0.2) is 27.6 Å². The van der Waals surface area contributed by atoms with Gasteiger partial charge in [0.1, 0.15) is 5.75 Å². The summed E-state index contributed by atoms with van der Waals surface area (Å²) in [6, 6.07) is 3.67. The molecule has 0 spiro atoms. The topological polar surface area (TPSA) is 73.3 Å². The van der Waals surface area contributed by atoms with E-state index in [1.807, 2.05) is 23.0 Å². The normalized spacial score (nSPS) is 12.0. The molecular weight excluding hydrogens is 230 g/mol. The summed E-state index contributed by atoms with van der Waals surface area (Å²) in [5.74, 6) is 0.634. The molecule has 1 heterocycles. The van der Waals surface area contributed by atoms with Crippen LogP contribution < -0.4 is 10.5 Å². The molecule has 0 aliphatic carbocycles. The fourth-order valence-corrected chi connectivity index (χ4v) is 1.80. The summed E-state index contributed by atoms with van der Waals surface area (Å²) in [7, 11) is 1.59. The molecule has 0 amide bonds. The highest BCUT2D eigenvalue weighted by atomic mass is 16.5. The zero-order valence-corrected chi connectivity index (χ0v) is 11.0. The lowest BCUT2D eigenvalue weighted by Crippen LogP contribution is -2.21. The van der Waals surface area contributed by atoms with Crippen molar-refractivity contribution < 1.29 is 9.84 Å². The highest BCUT2D eigenvalue weighted by Crippen LogP contribution is 2.27. The van der Waals surface area contributed by atoms with Gasteiger partial charge in [-0.05, 0) is 26.3 Å². The van der Waals surface area contributed by atoms with Crippen LogP contribution in [0.3, 0.4) is 0 Å². The third-order valence-electron chi connectivity index (χ3n) is 2.86.